The van der Waals surface area contributed by atoms with E-state index in [-0.39, 0.29) is 21.8 Å². The largest absolute Gasteiger partial charge is 0.333 e. The summed E-state index contributed by atoms with van der Waals surface area (Å²) in [7, 11) is 2.90. The van der Waals surface area contributed by atoms with Crippen LogP contribution in [-0.4, -0.2) is 42.3 Å². The van der Waals surface area contributed by atoms with Crippen LogP contribution in [-0.2, 0) is 24.3 Å². The van der Waals surface area contributed by atoms with Crippen LogP contribution in [0.15, 0.2) is 14.6 Å². The van der Waals surface area contributed by atoms with Crippen LogP contribution in [0.2, 0.25) is 0 Å². The van der Waals surface area contributed by atoms with Gasteiger partial charge >= 0.3 is 11.7 Å². The zero-order chi connectivity index (χ0) is 23.0. The first-order valence-corrected chi connectivity index (χ1v) is 10.3. The van der Waals surface area contributed by atoms with Crippen LogP contribution in [0.25, 0.3) is 11.0 Å². The van der Waals surface area contributed by atoms with Gasteiger partial charge in [-0.1, -0.05) is 32.5 Å². The average molecular weight is 437 g/mol. The molecule has 10 nitrogen and oxygen atoms in total. The summed E-state index contributed by atoms with van der Waals surface area (Å²) in [6.07, 6.45) is 0. The zero-order valence-corrected chi connectivity index (χ0v) is 19.4. The van der Waals surface area contributed by atoms with Gasteiger partial charge in [-0.25, -0.2) is 19.6 Å². The van der Waals surface area contributed by atoms with Crippen LogP contribution in [0.5, 0.6) is 0 Å². The van der Waals surface area contributed by atoms with Crippen LogP contribution in [0.1, 0.15) is 47.4 Å². The van der Waals surface area contributed by atoms with Crippen molar-refractivity contribution in [2.75, 3.05) is 5.75 Å². The Morgan fingerprint density at radius 3 is 2.13 bits per heavy atom. The molecule has 0 fully saturated rings. The van der Waals surface area contributed by atoms with Crippen LogP contribution in [0.3, 0.4) is 0 Å². The van der Waals surface area contributed by atoms with Gasteiger partial charge in [-0.2, -0.15) is 0 Å². The van der Waals surface area contributed by atoms with E-state index in [1.54, 1.807) is 20.8 Å². The second-order valence-electron chi connectivity index (χ2n) is 9.05. The van der Waals surface area contributed by atoms with Gasteiger partial charge in [0, 0.05) is 25.0 Å². The van der Waals surface area contributed by atoms with Crippen LogP contribution in [0, 0.1) is 0 Å². The number of urea groups is 1. The molecule has 0 atom stereocenters. The molecule has 0 aliphatic carbocycles. The summed E-state index contributed by atoms with van der Waals surface area (Å²) in [5.74, 6) is -0.238. The van der Waals surface area contributed by atoms with Gasteiger partial charge in [0.05, 0.1) is 5.75 Å². The number of aromatic nitrogens is 4. The molecule has 0 saturated heterocycles. The van der Waals surface area contributed by atoms with E-state index in [9.17, 15) is 19.2 Å². The predicted octanol–water partition coefficient (Wildman–Crippen LogP) is 1.04. The number of imide groups is 1. The third kappa shape index (κ3) is 5.26. The van der Waals surface area contributed by atoms with E-state index in [2.05, 4.69) is 20.6 Å². The lowest BCUT2D eigenvalue weighted by Gasteiger charge is -2.20. The molecule has 2 aromatic heterocycles. The lowest BCUT2D eigenvalue weighted by molar-refractivity contribution is -0.117. The first-order valence-electron chi connectivity index (χ1n) is 9.35. The number of hydrogen-bond acceptors (Lipinski definition) is 7. The van der Waals surface area contributed by atoms with E-state index < -0.39 is 34.1 Å². The fraction of sp³-hybridized carbons (Fsp3) is 0.579. The fourth-order valence-electron chi connectivity index (χ4n) is 2.54. The Balaban J connectivity index is 2.45. The summed E-state index contributed by atoms with van der Waals surface area (Å²) in [6.45, 7) is 11.1. The van der Waals surface area contributed by atoms with E-state index in [4.69, 9.17) is 0 Å². The number of carbonyl (C=O) groups excluding carboxylic acids is 2. The Morgan fingerprint density at radius 1 is 1.00 bits per heavy atom. The molecule has 11 heteroatoms. The van der Waals surface area contributed by atoms with E-state index in [1.807, 2.05) is 20.8 Å². The SMILES string of the molecule is Cn1c(=O)c2c(SCC(=O)NC(=O)NC(C)(C)C)nc(C(C)(C)C)nc2n(C)c1=O. The molecule has 2 N–H and O–H groups in total. The Labute approximate surface area is 178 Å². The molecule has 3 amide bonds. The van der Waals surface area contributed by atoms with Crippen LogP contribution in [0.4, 0.5) is 4.79 Å². The Bertz CT molecular complexity index is 1120. The molecular weight excluding hydrogens is 408 g/mol. The number of nitrogens with zero attached hydrogens (tertiary/aromatic N) is 4. The van der Waals surface area contributed by atoms with E-state index in [1.165, 1.54) is 18.7 Å². The van der Waals surface area contributed by atoms with Crippen molar-refractivity contribution in [3.8, 4) is 0 Å². The number of aryl methyl sites for hydroxylation is 1. The molecule has 0 bridgehead atoms. The molecule has 0 saturated carbocycles. The van der Waals surface area contributed by atoms with Crippen molar-refractivity contribution in [2.24, 2.45) is 14.1 Å². The van der Waals surface area contributed by atoms with Crippen molar-refractivity contribution in [3.63, 3.8) is 0 Å². The van der Waals surface area contributed by atoms with Gasteiger partial charge < -0.3 is 5.32 Å². The maximum absolute atomic E-state index is 12.8. The van der Waals surface area contributed by atoms with Crippen molar-refractivity contribution < 1.29 is 9.59 Å². The minimum atomic E-state index is -0.602. The van der Waals surface area contributed by atoms with E-state index >= 15 is 0 Å². The summed E-state index contributed by atoms with van der Waals surface area (Å²) < 4.78 is 2.26. The molecule has 0 radical (unpaired) electrons. The summed E-state index contributed by atoms with van der Waals surface area (Å²) in [6, 6.07) is -0.602. The Hall–Kier alpha value is -2.69. The van der Waals surface area contributed by atoms with Gasteiger partial charge in [-0.3, -0.25) is 24.0 Å². The third-order valence-electron chi connectivity index (χ3n) is 4.02. The van der Waals surface area contributed by atoms with Gasteiger partial charge in [0.1, 0.15) is 16.2 Å². The average Bonchev–Trinajstić information content (AvgIpc) is 2.59. The molecule has 0 aliphatic heterocycles. The minimum absolute atomic E-state index is 0.140. The third-order valence-corrected chi connectivity index (χ3v) is 4.99. The lowest BCUT2D eigenvalue weighted by atomic mass is 9.96. The van der Waals surface area contributed by atoms with Gasteiger partial charge in [-0.15, -0.1) is 0 Å². The Morgan fingerprint density at radius 2 is 1.60 bits per heavy atom. The molecule has 2 rings (SSSR count). The number of rotatable bonds is 3. The lowest BCUT2D eigenvalue weighted by Crippen LogP contribution is -2.48. The number of thioether (sulfide) groups is 1. The summed E-state index contributed by atoms with van der Waals surface area (Å²) >= 11 is 1.01. The highest BCUT2D eigenvalue weighted by Crippen LogP contribution is 2.26. The van der Waals surface area contributed by atoms with Gasteiger partial charge in [-0.05, 0) is 20.8 Å². The molecule has 30 heavy (non-hydrogen) atoms. The van der Waals surface area contributed by atoms with Crippen LogP contribution < -0.4 is 21.9 Å². The van der Waals surface area contributed by atoms with Crippen LogP contribution >= 0.6 is 11.8 Å². The molecule has 2 aromatic rings. The maximum Gasteiger partial charge on any atom is 0.332 e. The first-order chi connectivity index (χ1) is 13.6. The van der Waals surface area contributed by atoms with Gasteiger partial charge in [0.2, 0.25) is 5.91 Å². The first kappa shape index (κ1) is 23.6. The van der Waals surface area contributed by atoms with Crippen molar-refractivity contribution in [3.05, 3.63) is 26.7 Å². The number of hydrogen-bond donors (Lipinski definition) is 2. The summed E-state index contributed by atoms with van der Waals surface area (Å²) in [5, 5.41) is 5.34. The predicted molar refractivity (Wildman–Crippen MR) is 116 cm³/mol. The monoisotopic (exact) mass is 436 g/mol. The second-order valence-corrected chi connectivity index (χ2v) is 10.0. The highest BCUT2D eigenvalue weighted by Gasteiger charge is 2.24. The fourth-order valence-corrected chi connectivity index (χ4v) is 3.35. The van der Waals surface area contributed by atoms with Gasteiger partial charge in [0.25, 0.3) is 5.56 Å². The van der Waals surface area contributed by atoms with Gasteiger partial charge in [0.15, 0.2) is 5.65 Å². The maximum atomic E-state index is 12.8. The highest BCUT2D eigenvalue weighted by atomic mass is 32.2. The molecule has 0 spiro atoms. The van der Waals surface area contributed by atoms with Crippen molar-refractivity contribution in [2.45, 2.75) is 57.5 Å². The molecule has 2 heterocycles. The smallest absolute Gasteiger partial charge is 0.332 e. The van der Waals surface area contributed by atoms with Crippen molar-refractivity contribution >= 4 is 34.7 Å². The molecule has 0 unspecified atom stereocenters. The van der Waals surface area contributed by atoms with Crippen molar-refractivity contribution in [1.82, 2.24) is 29.7 Å². The van der Waals surface area contributed by atoms with E-state index in [0.29, 0.717) is 5.82 Å². The standard InChI is InChI=1S/C19H28N6O4S/c1-18(2,3)15-21-12-11(14(27)25(8)17(29)24(12)7)13(22-15)30-9-10(26)20-16(28)23-19(4,5)6/h9H2,1-8H3,(H2,20,23,26,28). The van der Waals surface area contributed by atoms with Crippen molar-refractivity contribution in [1.29, 1.82) is 0 Å². The number of carbonyl (C=O) groups is 2. The minimum Gasteiger partial charge on any atom is -0.333 e. The van der Waals surface area contributed by atoms with E-state index in [0.717, 1.165) is 16.3 Å². The molecular formula is C19H28N6O4S. The number of amides is 3. The normalized spacial score (nSPS) is 12.1. The zero-order valence-electron chi connectivity index (χ0n) is 18.5. The highest BCUT2D eigenvalue weighted by molar-refractivity contribution is 8.00. The molecule has 0 aliphatic rings. The quantitative estimate of drug-likeness (QED) is 0.543. The topological polar surface area (TPSA) is 128 Å². The number of nitrogens with one attached hydrogen (secondary N) is 2. The summed E-state index contributed by atoms with van der Waals surface area (Å²) in [5.41, 5.74) is -1.77. The molecule has 164 valence electrons. The number of fused-ring (bicyclic) bond motifs is 1. The molecule has 0 aromatic carbocycles. The second kappa shape index (κ2) is 8.21. The summed E-state index contributed by atoms with van der Waals surface area (Å²) in [4.78, 5) is 58.1. The Kier molecular flexibility index (Phi) is 6.45.